The van der Waals surface area contributed by atoms with E-state index in [0.29, 0.717) is 0 Å². The first-order chi connectivity index (χ1) is 9.21. The highest BCUT2D eigenvalue weighted by Crippen LogP contribution is 2.44. The highest BCUT2D eigenvalue weighted by Gasteiger charge is 2.37. The standard InChI is InChI=1S/C17H24O2/c1-5-17(6-2)15-11-10-14(18-3)12-13(15)8-7-9-16(17)19-4/h9-12H,5-8H2,1-4H3. The maximum atomic E-state index is 5.71. The van der Waals surface area contributed by atoms with Crippen molar-refractivity contribution in [2.75, 3.05) is 14.2 Å². The number of benzene rings is 1. The summed E-state index contributed by atoms with van der Waals surface area (Å²) in [6, 6.07) is 6.47. The Bertz CT molecular complexity index is 470. The van der Waals surface area contributed by atoms with Crippen LogP contribution in [0.5, 0.6) is 5.75 Å². The van der Waals surface area contributed by atoms with Crippen LogP contribution in [-0.2, 0) is 16.6 Å². The van der Waals surface area contributed by atoms with Crippen molar-refractivity contribution in [3.8, 4) is 5.75 Å². The van der Waals surface area contributed by atoms with Crippen LogP contribution in [-0.4, -0.2) is 14.2 Å². The van der Waals surface area contributed by atoms with Crippen molar-refractivity contribution in [3.63, 3.8) is 0 Å². The molecule has 19 heavy (non-hydrogen) atoms. The van der Waals surface area contributed by atoms with Crippen LogP contribution in [0.4, 0.5) is 0 Å². The molecule has 0 fully saturated rings. The third-order valence-corrected chi connectivity index (χ3v) is 4.47. The second kappa shape index (κ2) is 5.68. The van der Waals surface area contributed by atoms with E-state index in [0.717, 1.165) is 37.2 Å². The Hall–Kier alpha value is -1.44. The Balaban J connectivity index is 2.60. The van der Waals surface area contributed by atoms with Crippen LogP contribution in [0, 0.1) is 0 Å². The van der Waals surface area contributed by atoms with Crippen molar-refractivity contribution in [3.05, 3.63) is 41.2 Å². The molecule has 0 atom stereocenters. The molecule has 0 saturated carbocycles. The van der Waals surface area contributed by atoms with Gasteiger partial charge in [-0.25, -0.2) is 0 Å². The molecule has 2 nitrogen and oxygen atoms in total. The van der Waals surface area contributed by atoms with E-state index in [2.05, 4.69) is 38.1 Å². The first-order valence-corrected chi connectivity index (χ1v) is 7.13. The average molecular weight is 260 g/mol. The minimum absolute atomic E-state index is 0.0207. The van der Waals surface area contributed by atoms with Crippen LogP contribution in [0.1, 0.15) is 44.2 Å². The van der Waals surface area contributed by atoms with Gasteiger partial charge in [-0.15, -0.1) is 0 Å². The zero-order chi connectivity index (χ0) is 13.9. The lowest BCUT2D eigenvalue weighted by Gasteiger charge is -2.34. The largest absolute Gasteiger partial charge is 0.500 e. The molecular weight excluding hydrogens is 236 g/mol. The highest BCUT2D eigenvalue weighted by molar-refractivity contribution is 5.46. The predicted octanol–water partition coefficient (Wildman–Crippen LogP) is 4.23. The van der Waals surface area contributed by atoms with Crippen molar-refractivity contribution in [2.45, 2.75) is 44.9 Å². The third-order valence-electron chi connectivity index (χ3n) is 4.47. The van der Waals surface area contributed by atoms with E-state index in [1.54, 1.807) is 14.2 Å². The maximum Gasteiger partial charge on any atom is 0.119 e. The zero-order valence-electron chi connectivity index (χ0n) is 12.5. The first-order valence-electron chi connectivity index (χ1n) is 7.13. The minimum atomic E-state index is 0.0207. The summed E-state index contributed by atoms with van der Waals surface area (Å²) < 4.78 is 11.1. The molecule has 1 aromatic rings. The zero-order valence-corrected chi connectivity index (χ0v) is 12.5. The van der Waals surface area contributed by atoms with Gasteiger partial charge in [-0.2, -0.15) is 0 Å². The summed E-state index contributed by atoms with van der Waals surface area (Å²) in [5.74, 6) is 2.07. The molecule has 104 valence electrons. The lowest BCUT2D eigenvalue weighted by Crippen LogP contribution is -2.28. The van der Waals surface area contributed by atoms with Gasteiger partial charge in [0.15, 0.2) is 0 Å². The topological polar surface area (TPSA) is 18.5 Å². The van der Waals surface area contributed by atoms with Gasteiger partial charge in [0.25, 0.3) is 0 Å². The molecule has 0 N–H and O–H groups in total. The van der Waals surface area contributed by atoms with Crippen molar-refractivity contribution < 1.29 is 9.47 Å². The monoisotopic (exact) mass is 260 g/mol. The third kappa shape index (κ3) is 2.24. The van der Waals surface area contributed by atoms with E-state index in [4.69, 9.17) is 9.47 Å². The van der Waals surface area contributed by atoms with Crippen molar-refractivity contribution in [1.82, 2.24) is 0 Å². The van der Waals surface area contributed by atoms with E-state index in [1.165, 1.54) is 11.1 Å². The van der Waals surface area contributed by atoms with Crippen LogP contribution in [0.3, 0.4) is 0 Å². The molecule has 1 aliphatic carbocycles. The number of methoxy groups -OCH3 is 2. The number of hydrogen-bond donors (Lipinski definition) is 0. The SMILES string of the molecule is CCC1(CC)C(OC)=CCCc2cc(OC)ccc21. The number of allylic oxidation sites excluding steroid dienone is 2. The summed E-state index contributed by atoms with van der Waals surface area (Å²) in [4.78, 5) is 0. The fraction of sp³-hybridized carbons (Fsp3) is 0.529. The molecule has 0 amide bonds. The Labute approximate surface area is 116 Å². The second-order valence-corrected chi connectivity index (χ2v) is 5.12. The predicted molar refractivity (Wildman–Crippen MR) is 78.7 cm³/mol. The van der Waals surface area contributed by atoms with Gasteiger partial charge in [-0.05, 0) is 55.0 Å². The molecule has 0 aliphatic heterocycles. The molecule has 2 heteroatoms. The lowest BCUT2D eigenvalue weighted by molar-refractivity contribution is 0.209. The van der Waals surface area contributed by atoms with Crippen molar-refractivity contribution in [2.24, 2.45) is 0 Å². The molecule has 1 aliphatic rings. The maximum absolute atomic E-state index is 5.71. The van der Waals surface area contributed by atoms with Gasteiger partial charge < -0.3 is 9.47 Å². The van der Waals surface area contributed by atoms with Crippen LogP contribution in [0.15, 0.2) is 30.0 Å². The van der Waals surface area contributed by atoms with Gasteiger partial charge in [-0.1, -0.05) is 19.9 Å². The quantitative estimate of drug-likeness (QED) is 0.806. The second-order valence-electron chi connectivity index (χ2n) is 5.12. The molecule has 0 saturated heterocycles. The van der Waals surface area contributed by atoms with E-state index < -0.39 is 0 Å². The molecule has 0 radical (unpaired) electrons. The normalized spacial score (nSPS) is 17.2. The summed E-state index contributed by atoms with van der Waals surface area (Å²) in [6.07, 6.45) is 6.47. The molecule has 0 bridgehead atoms. The first kappa shape index (κ1) is 14.0. The van der Waals surface area contributed by atoms with Gasteiger partial charge in [0.1, 0.15) is 11.5 Å². The molecule has 0 heterocycles. The minimum Gasteiger partial charge on any atom is -0.500 e. The highest BCUT2D eigenvalue weighted by atomic mass is 16.5. The van der Waals surface area contributed by atoms with Gasteiger partial charge in [0.05, 0.1) is 19.6 Å². The van der Waals surface area contributed by atoms with Gasteiger partial charge >= 0.3 is 0 Å². The molecule has 2 rings (SSSR count). The van der Waals surface area contributed by atoms with Crippen molar-refractivity contribution >= 4 is 0 Å². The van der Waals surface area contributed by atoms with Crippen molar-refractivity contribution in [1.29, 1.82) is 0 Å². The Kier molecular flexibility index (Phi) is 4.18. The van der Waals surface area contributed by atoms with Gasteiger partial charge in [0.2, 0.25) is 0 Å². The van der Waals surface area contributed by atoms with E-state index >= 15 is 0 Å². The summed E-state index contributed by atoms with van der Waals surface area (Å²) in [5.41, 5.74) is 2.82. The number of hydrogen-bond acceptors (Lipinski definition) is 2. The fourth-order valence-electron chi connectivity index (χ4n) is 3.32. The molecule has 1 aromatic carbocycles. The van der Waals surface area contributed by atoms with E-state index in [-0.39, 0.29) is 5.41 Å². The molecule has 0 unspecified atom stereocenters. The summed E-state index contributed by atoms with van der Waals surface area (Å²) >= 11 is 0. The van der Waals surface area contributed by atoms with Crippen LogP contribution >= 0.6 is 0 Å². The van der Waals surface area contributed by atoms with E-state index in [1.807, 2.05) is 0 Å². The summed E-state index contributed by atoms with van der Waals surface area (Å²) in [5, 5.41) is 0. The number of fused-ring (bicyclic) bond motifs is 1. The molecule has 0 spiro atoms. The Morgan fingerprint density at radius 1 is 1.11 bits per heavy atom. The Morgan fingerprint density at radius 3 is 2.42 bits per heavy atom. The molecule has 0 aromatic heterocycles. The van der Waals surface area contributed by atoms with Gasteiger partial charge in [0, 0.05) is 0 Å². The van der Waals surface area contributed by atoms with Crippen LogP contribution in [0.25, 0.3) is 0 Å². The summed E-state index contributed by atoms with van der Waals surface area (Å²) in [7, 11) is 3.52. The smallest absolute Gasteiger partial charge is 0.119 e. The van der Waals surface area contributed by atoms with Crippen LogP contribution < -0.4 is 4.74 Å². The number of ether oxygens (including phenoxy) is 2. The fourth-order valence-corrected chi connectivity index (χ4v) is 3.32. The average Bonchev–Trinajstić information content (AvgIpc) is 2.62. The summed E-state index contributed by atoms with van der Waals surface area (Å²) in [6.45, 7) is 4.49. The Morgan fingerprint density at radius 2 is 1.84 bits per heavy atom. The number of rotatable bonds is 4. The van der Waals surface area contributed by atoms with Crippen LogP contribution in [0.2, 0.25) is 0 Å². The van der Waals surface area contributed by atoms with Gasteiger partial charge in [-0.3, -0.25) is 0 Å². The van der Waals surface area contributed by atoms with E-state index in [9.17, 15) is 0 Å². The molecular formula is C17H24O2. The lowest BCUT2D eigenvalue weighted by atomic mass is 9.73. The number of aryl methyl sites for hydroxylation is 1.